The van der Waals surface area contributed by atoms with E-state index in [0.29, 0.717) is 6.61 Å². The molecule has 0 aliphatic rings. The van der Waals surface area contributed by atoms with E-state index in [2.05, 4.69) is 36.5 Å². The van der Waals surface area contributed by atoms with Crippen LogP contribution < -0.4 is 10.1 Å². The lowest BCUT2D eigenvalue weighted by molar-refractivity contribution is 0.248. The Morgan fingerprint density at radius 1 is 1.21 bits per heavy atom. The van der Waals surface area contributed by atoms with Crippen molar-refractivity contribution in [1.29, 1.82) is 0 Å². The first-order chi connectivity index (χ1) is 9.31. The molecule has 0 aliphatic heterocycles. The molecule has 1 aromatic carbocycles. The SMILES string of the molecule is CCNCc1cc(COc2ccc(CC)cc2)on1. The van der Waals surface area contributed by atoms with Gasteiger partial charge in [-0.2, -0.15) is 0 Å². The van der Waals surface area contributed by atoms with Crippen molar-refractivity contribution < 1.29 is 9.26 Å². The maximum Gasteiger partial charge on any atom is 0.174 e. The Labute approximate surface area is 113 Å². The summed E-state index contributed by atoms with van der Waals surface area (Å²) < 4.78 is 10.9. The zero-order chi connectivity index (χ0) is 13.5. The highest BCUT2D eigenvalue weighted by Gasteiger charge is 2.04. The molecule has 0 fully saturated rings. The van der Waals surface area contributed by atoms with Gasteiger partial charge in [0.15, 0.2) is 5.76 Å². The number of nitrogens with one attached hydrogen (secondary N) is 1. The van der Waals surface area contributed by atoms with Crippen LogP contribution in [-0.4, -0.2) is 11.7 Å². The molecule has 0 bridgehead atoms. The number of aromatic nitrogens is 1. The summed E-state index contributed by atoms with van der Waals surface area (Å²) in [5.74, 6) is 1.59. The van der Waals surface area contributed by atoms with Crippen molar-refractivity contribution in [2.45, 2.75) is 33.4 Å². The summed E-state index contributed by atoms with van der Waals surface area (Å²) in [4.78, 5) is 0. The topological polar surface area (TPSA) is 47.3 Å². The van der Waals surface area contributed by atoms with Gasteiger partial charge in [0.05, 0.1) is 5.69 Å². The van der Waals surface area contributed by atoms with Crippen LogP contribution >= 0.6 is 0 Å². The number of hydrogen-bond acceptors (Lipinski definition) is 4. The molecule has 0 aliphatic carbocycles. The molecule has 0 atom stereocenters. The molecule has 1 heterocycles. The molecule has 102 valence electrons. The number of benzene rings is 1. The number of rotatable bonds is 7. The highest BCUT2D eigenvalue weighted by Crippen LogP contribution is 2.15. The minimum absolute atomic E-state index is 0.407. The Kier molecular flexibility index (Phi) is 4.98. The molecule has 0 saturated carbocycles. The predicted molar refractivity (Wildman–Crippen MR) is 74.0 cm³/mol. The second-order valence-electron chi connectivity index (χ2n) is 4.35. The van der Waals surface area contributed by atoms with Crippen LogP contribution in [0.1, 0.15) is 30.9 Å². The number of hydrogen-bond donors (Lipinski definition) is 1. The average molecular weight is 260 g/mol. The number of nitrogens with zero attached hydrogens (tertiary/aromatic N) is 1. The molecule has 0 unspecified atom stereocenters. The molecule has 1 aromatic heterocycles. The van der Waals surface area contributed by atoms with Crippen LogP contribution in [0.2, 0.25) is 0 Å². The largest absolute Gasteiger partial charge is 0.486 e. The highest BCUT2D eigenvalue weighted by molar-refractivity contribution is 5.27. The molecule has 19 heavy (non-hydrogen) atoms. The number of aryl methyl sites for hydroxylation is 1. The second-order valence-corrected chi connectivity index (χ2v) is 4.35. The fourth-order valence-electron chi connectivity index (χ4n) is 1.74. The number of ether oxygens (including phenoxy) is 1. The quantitative estimate of drug-likeness (QED) is 0.831. The van der Waals surface area contributed by atoms with Crippen molar-refractivity contribution in [1.82, 2.24) is 10.5 Å². The van der Waals surface area contributed by atoms with Gasteiger partial charge in [-0.15, -0.1) is 0 Å². The Bertz CT molecular complexity index is 491. The van der Waals surface area contributed by atoms with Crippen LogP contribution in [0, 0.1) is 0 Å². The van der Waals surface area contributed by atoms with E-state index in [1.54, 1.807) is 0 Å². The molecule has 0 radical (unpaired) electrons. The summed E-state index contributed by atoms with van der Waals surface area (Å²) >= 11 is 0. The van der Waals surface area contributed by atoms with E-state index in [9.17, 15) is 0 Å². The van der Waals surface area contributed by atoms with E-state index in [1.165, 1.54) is 5.56 Å². The summed E-state index contributed by atoms with van der Waals surface area (Å²) in [5.41, 5.74) is 2.21. The summed E-state index contributed by atoms with van der Waals surface area (Å²) in [7, 11) is 0. The maximum absolute atomic E-state index is 5.66. The van der Waals surface area contributed by atoms with E-state index in [0.717, 1.165) is 36.7 Å². The van der Waals surface area contributed by atoms with E-state index < -0.39 is 0 Å². The van der Waals surface area contributed by atoms with Gasteiger partial charge in [0.2, 0.25) is 0 Å². The molecule has 4 heteroatoms. The minimum Gasteiger partial charge on any atom is -0.486 e. The lowest BCUT2D eigenvalue weighted by Crippen LogP contribution is -2.11. The lowest BCUT2D eigenvalue weighted by Gasteiger charge is -2.04. The van der Waals surface area contributed by atoms with E-state index in [1.807, 2.05) is 18.2 Å². The summed E-state index contributed by atoms with van der Waals surface area (Å²) in [6.07, 6.45) is 1.04. The van der Waals surface area contributed by atoms with E-state index in [-0.39, 0.29) is 0 Å². The van der Waals surface area contributed by atoms with Crippen LogP contribution in [0.25, 0.3) is 0 Å². The van der Waals surface area contributed by atoms with Crippen molar-refractivity contribution in [3.05, 3.63) is 47.3 Å². The normalized spacial score (nSPS) is 10.6. The van der Waals surface area contributed by atoms with Crippen molar-refractivity contribution in [2.75, 3.05) is 6.54 Å². The molecule has 1 N–H and O–H groups in total. The van der Waals surface area contributed by atoms with Gasteiger partial charge >= 0.3 is 0 Å². The monoisotopic (exact) mass is 260 g/mol. The summed E-state index contributed by atoms with van der Waals surface area (Å²) in [6, 6.07) is 10.0. The molecule has 0 amide bonds. The van der Waals surface area contributed by atoms with Crippen LogP contribution in [0.4, 0.5) is 0 Å². The van der Waals surface area contributed by atoms with Crippen LogP contribution in [0.3, 0.4) is 0 Å². The van der Waals surface area contributed by atoms with Gasteiger partial charge in [0.25, 0.3) is 0 Å². The summed E-state index contributed by atoms with van der Waals surface area (Å²) in [6.45, 7) is 6.25. The highest BCUT2D eigenvalue weighted by atomic mass is 16.5. The zero-order valence-electron chi connectivity index (χ0n) is 11.5. The molecule has 0 spiro atoms. The Hall–Kier alpha value is -1.81. The van der Waals surface area contributed by atoms with Gasteiger partial charge in [-0.25, -0.2) is 0 Å². The fraction of sp³-hybridized carbons (Fsp3) is 0.400. The average Bonchev–Trinajstić information content (AvgIpc) is 2.91. The van der Waals surface area contributed by atoms with Crippen LogP contribution in [0.15, 0.2) is 34.9 Å². The third-order valence-electron chi connectivity index (χ3n) is 2.88. The standard InChI is InChI=1S/C15H20N2O2/c1-3-12-5-7-14(8-6-12)18-11-15-9-13(17-19-15)10-16-4-2/h5-9,16H,3-4,10-11H2,1-2H3. The van der Waals surface area contributed by atoms with E-state index in [4.69, 9.17) is 9.26 Å². The van der Waals surface area contributed by atoms with Crippen molar-refractivity contribution in [3.63, 3.8) is 0 Å². The van der Waals surface area contributed by atoms with Gasteiger partial charge in [-0.3, -0.25) is 0 Å². The molecule has 2 aromatic rings. The molecular weight excluding hydrogens is 240 g/mol. The predicted octanol–water partition coefficient (Wildman–Crippen LogP) is 2.93. The van der Waals surface area contributed by atoms with Crippen molar-refractivity contribution >= 4 is 0 Å². The Balaban J connectivity index is 1.85. The van der Waals surface area contributed by atoms with Crippen LogP contribution in [0.5, 0.6) is 5.75 Å². The smallest absolute Gasteiger partial charge is 0.174 e. The zero-order valence-corrected chi connectivity index (χ0v) is 11.5. The van der Waals surface area contributed by atoms with Gasteiger partial charge in [-0.05, 0) is 30.7 Å². The second kappa shape index (κ2) is 6.95. The Morgan fingerprint density at radius 2 is 2.00 bits per heavy atom. The lowest BCUT2D eigenvalue weighted by atomic mass is 10.2. The molecule has 4 nitrogen and oxygen atoms in total. The van der Waals surface area contributed by atoms with Crippen molar-refractivity contribution in [2.24, 2.45) is 0 Å². The summed E-state index contributed by atoms with van der Waals surface area (Å²) in [5, 5.41) is 7.18. The fourth-order valence-corrected chi connectivity index (χ4v) is 1.74. The minimum atomic E-state index is 0.407. The first-order valence-electron chi connectivity index (χ1n) is 6.68. The third kappa shape index (κ3) is 4.10. The van der Waals surface area contributed by atoms with Gasteiger partial charge in [0.1, 0.15) is 12.4 Å². The first kappa shape index (κ1) is 13.6. The van der Waals surface area contributed by atoms with Gasteiger partial charge < -0.3 is 14.6 Å². The first-order valence-corrected chi connectivity index (χ1v) is 6.68. The maximum atomic E-state index is 5.66. The van der Waals surface area contributed by atoms with Crippen LogP contribution in [-0.2, 0) is 19.6 Å². The van der Waals surface area contributed by atoms with Crippen molar-refractivity contribution in [3.8, 4) is 5.75 Å². The van der Waals surface area contributed by atoms with E-state index >= 15 is 0 Å². The molecule has 0 saturated heterocycles. The molecule has 2 rings (SSSR count). The molecular formula is C15H20N2O2. The third-order valence-corrected chi connectivity index (χ3v) is 2.88. The Morgan fingerprint density at radius 3 is 2.68 bits per heavy atom. The van der Waals surface area contributed by atoms with Gasteiger partial charge in [0, 0.05) is 12.6 Å². The van der Waals surface area contributed by atoms with Gasteiger partial charge in [-0.1, -0.05) is 31.1 Å².